The van der Waals surface area contributed by atoms with Crippen LogP contribution in [0.1, 0.15) is 24.3 Å². The molecule has 0 saturated heterocycles. The van der Waals surface area contributed by atoms with Gasteiger partial charge in [0, 0.05) is 6.04 Å². The number of rotatable bonds is 4. The molecule has 0 aliphatic rings. The average molecular weight is 309 g/mol. The minimum atomic E-state index is -1.64. The van der Waals surface area contributed by atoms with Gasteiger partial charge in [-0.15, -0.1) is 0 Å². The van der Waals surface area contributed by atoms with Gasteiger partial charge in [0.15, 0.2) is 17.5 Å². The Bertz CT molecular complexity index is 704. The summed E-state index contributed by atoms with van der Waals surface area (Å²) in [6.07, 6.45) is 0. The van der Waals surface area contributed by atoms with Crippen molar-refractivity contribution < 1.29 is 18.0 Å². The molecule has 2 N–H and O–H groups in total. The molecule has 0 atom stereocenters. The largest absolute Gasteiger partial charge is 0.368 e. The van der Waals surface area contributed by atoms with Crippen molar-refractivity contribution in [1.29, 1.82) is 0 Å². The minimum Gasteiger partial charge on any atom is -0.368 e. The van der Waals surface area contributed by atoms with Crippen molar-refractivity contribution in [1.82, 2.24) is 4.98 Å². The van der Waals surface area contributed by atoms with Crippen LogP contribution in [-0.2, 0) is 0 Å². The number of nitrogens with one attached hydrogen (secondary N) is 2. The minimum absolute atomic E-state index is 0.0229. The van der Waals surface area contributed by atoms with Gasteiger partial charge in [-0.3, -0.25) is 4.79 Å². The molecular weight excluding hydrogens is 295 g/mol. The fourth-order valence-electron chi connectivity index (χ4n) is 1.75. The molecule has 1 heterocycles. The van der Waals surface area contributed by atoms with E-state index < -0.39 is 29.0 Å². The Balaban J connectivity index is 2.21. The molecule has 0 unspecified atom stereocenters. The first kappa shape index (κ1) is 15.8. The van der Waals surface area contributed by atoms with Gasteiger partial charge in [0.2, 0.25) is 0 Å². The first-order valence-electron chi connectivity index (χ1n) is 6.57. The van der Waals surface area contributed by atoms with Crippen molar-refractivity contribution in [3.8, 4) is 0 Å². The van der Waals surface area contributed by atoms with Crippen LogP contribution in [0.4, 0.5) is 24.7 Å². The summed E-state index contributed by atoms with van der Waals surface area (Å²) in [5.74, 6) is -4.66. The number of carbonyl (C=O) groups is 1. The van der Waals surface area contributed by atoms with Crippen LogP contribution < -0.4 is 10.6 Å². The maximum atomic E-state index is 13.5. The second-order valence-corrected chi connectivity index (χ2v) is 4.88. The zero-order valence-electron chi connectivity index (χ0n) is 12.0. The number of benzene rings is 1. The molecule has 1 aromatic heterocycles. The van der Waals surface area contributed by atoms with Crippen LogP contribution in [0.3, 0.4) is 0 Å². The van der Waals surface area contributed by atoms with E-state index in [1.807, 2.05) is 13.8 Å². The first-order chi connectivity index (χ1) is 10.4. The molecule has 0 fully saturated rings. The molecule has 0 bridgehead atoms. The van der Waals surface area contributed by atoms with Gasteiger partial charge in [-0.2, -0.15) is 0 Å². The molecule has 1 amide bonds. The molecule has 0 aliphatic carbocycles. The van der Waals surface area contributed by atoms with Gasteiger partial charge in [0.1, 0.15) is 11.5 Å². The summed E-state index contributed by atoms with van der Waals surface area (Å²) in [5.41, 5.74) is -0.428. The number of nitrogens with zero attached hydrogens (tertiary/aromatic N) is 1. The summed E-state index contributed by atoms with van der Waals surface area (Å²) < 4.78 is 39.5. The number of aromatic nitrogens is 1. The van der Waals surface area contributed by atoms with Crippen LogP contribution in [0.5, 0.6) is 0 Å². The van der Waals surface area contributed by atoms with Crippen molar-refractivity contribution >= 4 is 17.4 Å². The molecule has 22 heavy (non-hydrogen) atoms. The van der Waals surface area contributed by atoms with Gasteiger partial charge in [-0.1, -0.05) is 6.07 Å². The van der Waals surface area contributed by atoms with E-state index in [-0.39, 0.29) is 11.7 Å². The average Bonchev–Trinajstić information content (AvgIpc) is 2.47. The Morgan fingerprint density at radius 2 is 1.82 bits per heavy atom. The van der Waals surface area contributed by atoms with Gasteiger partial charge in [-0.25, -0.2) is 18.2 Å². The Morgan fingerprint density at radius 1 is 1.09 bits per heavy atom. The third-order valence-electron chi connectivity index (χ3n) is 2.70. The third-order valence-corrected chi connectivity index (χ3v) is 2.70. The third kappa shape index (κ3) is 3.55. The van der Waals surface area contributed by atoms with Crippen molar-refractivity contribution in [3.63, 3.8) is 0 Å². The zero-order chi connectivity index (χ0) is 16.3. The molecule has 0 spiro atoms. The van der Waals surface area contributed by atoms with Crippen LogP contribution in [-0.4, -0.2) is 16.9 Å². The maximum Gasteiger partial charge on any atom is 0.274 e. The van der Waals surface area contributed by atoms with E-state index in [0.717, 1.165) is 12.1 Å². The van der Waals surface area contributed by atoms with E-state index in [1.165, 1.54) is 6.07 Å². The van der Waals surface area contributed by atoms with E-state index in [9.17, 15) is 18.0 Å². The van der Waals surface area contributed by atoms with Gasteiger partial charge in [-0.05, 0) is 38.1 Å². The fourth-order valence-corrected chi connectivity index (χ4v) is 1.75. The smallest absolute Gasteiger partial charge is 0.274 e. The second-order valence-electron chi connectivity index (χ2n) is 4.88. The number of hydrogen-bond acceptors (Lipinski definition) is 3. The predicted octanol–water partition coefficient (Wildman–Crippen LogP) is 3.57. The number of anilines is 2. The lowest BCUT2D eigenvalue weighted by Gasteiger charge is -2.11. The molecule has 7 heteroatoms. The van der Waals surface area contributed by atoms with Crippen LogP contribution in [0.25, 0.3) is 0 Å². The number of pyridine rings is 1. The summed E-state index contributed by atoms with van der Waals surface area (Å²) in [7, 11) is 0. The Kier molecular flexibility index (Phi) is 4.65. The van der Waals surface area contributed by atoms with Crippen molar-refractivity contribution in [3.05, 3.63) is 53.5 Å². The number of halogens is 3. The molecule has 2 rings (SSSR count). The number of hydrogen-bond donors (Lipinski definition) is 2. The van der Waals surface area contributed by atoms with E-state index in [1.54, 1.807) is 12.1 Å². The lowest BCUT2D eigenvalue weighted by Crippen LogP contribution is -2.17. The summed E-state index contributed by atoms with van der Waals surface area (Å²) in [6.45, 7) is 3.82. The quantitative estimate of drug-likeness (QED) is 0.849. The molecule has 1 aromatic carbocycles. The monoisotopic (exact) mass is 309 g/mol. The highest BCUT2D eigenvalue weighted by molar-refractivity contribution is 6.03. The van der Waals surface area contributed by atoms with E-state index >= 15 is 0 Å². The topological polar surface area (TPSA) is 54.0 Å². The van der Waals surface area contributed by atoms with Crippen LogP contribution >= 0.6 is 0 Å². The summed E-state index contributed by atoms with van der Waals surface area (Å²) in [4.78, 5) is 16.1. The highest BCUT2D eigenvalue weighted by atomic mass is 19.2. The van der Waals surface area contributed by atoms with E-state index in [2.05, 4.69) is 15.6 Å². The normalized spacial score (nSPS) is 10.6. The Labute approximate surface area is 125 Å². The molecule has 0 radical (unpaired) electrons. The van der Waals surface area contributed by atoms with Crippen molar-refractivity contribution in [2.75, 3.05) is 10.6 Å². The zero-order valence-corrected chi connectivity index (χ0v) is 12.0. The van der Waals surface area contributed by atoms with E-state index in [0.29, 0.717) is 5.82 Å². The number of carbonyl (C=O) groups excluding carboxylic acids is 1. The number of amides is 1. The Hall–Kier alpha value is -2.57. The van der Waals surface area contributed by atoms with Gasteiger partial charge >= 0.3 is 0 Å². The first-order valence-corrected chi connectivity index (χ1v) is 6.57. The lowest BCUT2D eigenvalue weighted by atomic mass is 10.2. The van der Waals surface area contributed by atoms with Crippen LogP contribution in [0.15, 0.2) is 30.3 Å². The van der Waals surface area contributed by atoms with Gasteiger partial charge < -0.3 is 10.6 Å². The molecule has 2 aromatic rings. The lowest BCUT2D eigenvalue weighted by molar-refractivity contribution is 0.102. The Morgan fingerprint density at radius 3 is 2.50 bits per heavy atom. The standard InChI is InChI=1S/C15H14F3N3O/c1-8(2)19-12-5-3-4-11(20-12)15(22)21-10-7-6-9(16)13(17)14(10)18/h3-8H,1-2H3,(H,19,20)(H,21,22). The molecule has 116 valence electrons. The maximum absolute atomic E-state index is 13.5. The fraction of sp³-hybridized carbons (Fsp3) is 0.200. The SMILES string of the molecule is CC(C)Nc1cccc(C(=O)Nc2ccc(F)c(F)c2F)n1. The second kappa shape index (κ2) is 6.46. The summed E-state index contributed by atoms with van der Waals surface area (Å²) >= 11 is 0. The molecule has 0 aliphatic heterocycles. The highest BCUT2D eigenvalue weighted by Gasteiger charge is 2.16. The molecule has 0 saturated carbocycles. The molecular formula is C15H14F3N3O. The van der Waals surface area contributed by atoms with Gasteiger partial charge in [0.25, 0.3) is 5.91 Å². The van der Waals surface area contributed by atoms with Gasteiger partial charge in [0.05, 0.1) is 5.69 Å². The summed E-state index contributed by atoms with van der Waals surface area (Å²) in [5, 5.41) is 5.18. The van der Waals surface area contributed by atoms with Crippen molar-refractivity contribution in [2.24, 2.45) is 0 Å². The van der Waals surface area contributed by atoms with Crippen LogP contribution in [0, 0.1) is 17.5 Å². The predicted molar refractivity (Wildman–Crippen MR) is 77.3 cm³/mol. The van der Waals surface area contributed by atoms with Crippen LogP contribution in [0.2, 0.25) is 0 Å². The summed E-state index contributed by atoms with van der Waals surface area (Å²) in [6, 6.07) is 6.51. The highest BCUT2D eigenvalue weighted by Crippen LogP contribution is 2.20. The molecule has 4 nitrogen and oxygen atoms in total. The van der Waals surface area contributed by atoms with Crippen molar-refractivity contribution in [2.45, 2.75) is 19.9 Å². The van der Waals surface area contributed by atoms with E-state index in [4.69, 9.17) is 0 Å².